The van der Waals surface area contributed by atoms with Crippen molar-refractivity contribution in [3.63, 3.8) is 0 Å². The zero-order chi connectivity index (χ0) is 14.9. The van der Waals surface area contributed by atoms with Crippen LogP contribution in [0.5, 0.6) is 0 Å². The second kappa shape index (κ2) is 7.25. The van der Waals surface area contributed by atoms with Gasteiger partial charge in [-0.1, -0.05) is 6.07 Å². The van der Waals surface area contributed by atoms with E-state index in [2.05, 4.69) is 5.32 Å². The first-order chi connectivity index (χ1) is 10.1. The summed E-state index contributed by atoms with van der Waals surface area (Å²) in [5, 5.41) is 15.1. The van der Waals surface area contributed by atoms with E-state index in [4.69, 9.17) is 0 Å². The van der Waals surface area contributed by atoms with Crippen LogP contribution in [0.25, 0.3) is 0 Å². The lowest BCUT2D eigenvalue weighted by Crippen LogP contribution is -2.49. The number of alkyl halides is 1. The molecule has 0 bridgehead atoms. The number of carbonyl (C=O) groups is 1. The van der Waals surface area contributed by atoms with Crippen LogP contribution in [0.15, 0.2) is 17.5 Å². The smallest absolute Gasteiger partial charge is 0.261 e. The van der Waals surface area contributed by atoms with Crippen LogP contribution in [0.1, 0.15) is 36.7 Å². The molecular weight excluding hydrogens is 327 g/mol. The monoisotopic (exact) mass is 348 g/mol. The average molecular weight is 349 g/mol. The van der Waals surface area contributed by atoms with Gasteiger partial charge in [0.15, 0.2) is 0 Å². The highest BCUT2D eigenvalue weighted by Crippen LogP contribution is 2.32. The number of amides is 1. The minimum Gasteiger partial charge on any atom is -0.387 e. The van der Waals surface area contributed by atoms with Crippen molar-refractivity contribution in [2.24, 2.45) is 0 Å². The number of nitrogens with one attached hydrogen (secondary N) is 1. The largest absolute Gasteiger partial charge is 0.387 e. The number of likely N-dealkylation sites (tertiary alicyclic amines) is 1. The minimum absolute atomic E-state index is 0. The number of nitrogens with zero attached hydrogens (tertiary/aromatic N) is 1. The van der Waals surface area contributed by atoms with Gasteiger partial charge < -0.3 is 15.3 Å². The lowest BCUT2D eigenvalue weighted by molar-refractivity contribution is -0.144. The Morgan fingerprint density at radius 2 is 2.45 bits per heavy atom. The van der Waals surface area contributed by atoms with E-state index in [1.54, 1.807) is 4.90 Å². The first-order valence-electron chi connectivity index (χ1n) is 7.52. The molecule has 3 heterocycles. The Bertz CT molecular complexity index is 494. The van der Waals surface area contributed by atoms with Gasteiger partial charge in [0, 0.05) is 30.4 Å². The molecule has 2 N–H and O–H groups in total. The Morgan fingerprint density at radius 1 is 1.64 bits per heavy atom. The molecule has 1 aromatic heterocycles. The van der Waals surface area contributed by atoms with Crippen molar-refractivity contribution in [3.8, 4) is 0 Å². The first kappa shape index (κ1) is 17.7. The molecule has 1 aromatic rings. The normalized spacial score (nSPS) is 29.4. The van der Waals surface area contributed by atoms with E-state index in [1.165, 1.54) is 11.3 Å². The fourth-order valence-corrected chi connectivity index (χ4v) is 4.03. The molecule has 2 saturated heterocycles. The Morgan fingerprint density at radius 3 is 3.09 bits per heavy atom. The Balaban J connectivity index is 0.00000176. The molecule has 2 aliphatic rings. The fourth-order valence-electron chi connectivity index (χ4n) is 3.30. The van der Waals surface area contributed by atoms with E-state index in [1.807, 2.05) is 17.5 Å². The number of carbonyl (C=O) groups excluding carboxylic acids is 1. The highest BCUT2D eigenvalue weighted by atomic mass is 35.5. The summed E-state index contributed by atoms with van der Waals surface area (Å²) in [6.07, 6.45) is 1.91. The van der Waals surface area contributed by atoms with Gasteiger partial charge in [-0.2, -0.15) is 0 Å². The van der Waals surface area contributed by atoms with Crippen LogP contribution < -0.4 is 5.32 Å². The highest BCUT2D eigenvalue weighted by molar-refractivity contribution is 7.10. The molecule has 0 radical (unpaired) electrons. The average Bonchev–Trinajstić information content (AvgIpc) is 3.19. The van der Waals surface area contributed by atoms with Crippen molar-refractivity contribution in [1.29, 1.82) is 0 Å². The van der Waals surface area contributed by atoms with Crippen LogP contribution in [0, 0.1) is 0 Å². The summed E-state index contributed by atoms with van der Waals surface area (Å²) in [6, 6.07) is 3.75. The summed E-state index contributed by atoms with van der Waals surface area (Å²) in [7, 11) is 0. The molecule has 3 rings (SSSR count). The quantitative estimate of drug-likeness (QED) is 0.877. The molecule has 0 aliphatic carbocycles. The van der Waals surface area contributed by atoms with Crippen molar-refractivity contribution in [2.75, 3.05) is 19.6 Å². The standard InChI is InChI=1S/C15H21FN2O2S.ClH/c16-15(5-6-17-10-15)14(20)18-7-1-3-11(18)9-12(19)13-4-2-8-21-13;/h2,4,8,11-12,17,19H,1,3,5-7,9-10H2;1H. The maximum atomic E-state index is 14.6. The molecule has 0 aromatic carbocycles. The van der Waals surface area contributed by atoms with E-state index < -0.39 is 17.7 Å². The van der Waals surface area contributed by atoms with Crippen LogP contribution in [0.2, 0.25) is 0 Å². The van der Waals surface area contributed by atoms with Gasteiger partial charge in [-0.3, -0.25) is 4.79 Å². The van der Waals surface area contributed by atoms with Gasteiger partial charge in [0.25, 0.3) is 5.91 Å². The van der Waals surface area contributed by atoms with Gasteiger partial charge in [0.2, 0.25) is 5.67 Å². The molecule has 3 atom stereocenters. The molecule has 0 saturated carbocycles. The number of rotatable bonds is 4. The molecular formula is C15H22ClFN2O2S. The van der Waals surface area contributed by atoms with Crippen LogP contribution in [0.4, 0.5) is 4.39 Å². The van der Waals surface area contributed by atoms with Gasteiger partial charge in [-0.05, 0) is 37.3 Å². The summed E-state index contributed by atoms with van der Waals surface area (Å²) < 4.78 is 14.6. The summed E-state index contributed by atoms with van der Waals surface area (Å²) in [5.41, 5.74) is -1.75. The topological polar surface area (TPSA) is 52.6 Å². The molecule has 22 heavy (non-hydrogen) atoms. The second-order valence-corrected chi connectivity index (χ2v) is 6.93. The van der Waals surface area contributed by atoms with E-state index >= 15 is 0 Å². The number of thiophene rings is 1. The third-order valence-electron chi connectivity index (χ3n) is 4.49. The number of hydrogen-bond acceptors (Lipinski definition) is 4. The van der Waals surface area contributed by atoms with Crippen molar-refractivity contribution in [2.45, 2.75) is 43.5 Å². The molecule has 2 fully saturated rings. The lowest BCUT2D eigenvalue weighted by atomic mass is 10.0. The van der Waals surface area contributed by atoms with Crippen molar-refractivity contribution < 1.29 is 14.3 Å². The van der Waals surface area contributed by atoms with Gasteiger partial charge in [-0.25, -0.2) is 4.39 Å². The molecule has 3 unspecified atom stereocenters. The van der Waals surface area contributed by atoms with E-state index in [0.717, 1.165) is 17.7 Å². The maximum Gasteiger partial charge on any atom is 0.261 e. The first-order valence-corrected chi connectivity index (χ1v) is 8.40. The van der Waals surface area contributed by atoms with Crippen LogP contribution in [-0.4, -0.2) is 47.3 Å². The lowest BCUT2D eigenvalue weighted by Gasteiger charge is -2.31. The molecule has 7 heteroatoms. The van der Waals surface area contributed by atoms with Crippen molar-refractivity contribution >= 4 is 29.7 Å². The zero-order valence-electron chi connectivity index (χ0n) is 12.3. The Kier molecular flexibility index (Phi) is 5.82. The zero-order valence-corrected chi connectivity index (χ0v) is 14.0. The Labute approximate surface area is 140 Å². The van der Waals surface area contributed by atoms with Gasteiger partial charge in [0.05, 0.1) is 6.10 Å². The molecule has 0 spiro atoms. The summed E-state index contributed by atoms with van der Waals surface area (Å²) in [6.45, 7) is 1.27. The fraction of sp³-hybridized carbons (Fsp3) is 0.667. The summed E-state index contributed by atoms with van der Waals surface area (Å²) in [4.78, 5) is 15.0. The number of hydrogen-bond donors (Lipinski definition) is 2. The van der Waals surface area contributed by atoms with E-state index in [0.29, 0.717) is 19.5 Å². The molecule has 124 valence electrons. The van der Waals surface area contributed by atoms with Gasteiger partial charge >= 0.3 is 0 Å². The van der Waals surface area contributed by atoms with Crippen LogP contribution in [0.3, 0.4) is 0 Å². The number of halogens is 2. The second-order valence-electron chi connectivity index (χ2n) is 5.95. The van der Waals surface area contributed by atoms with Crippen molar-refractivity contribution in [1.82, 2.24) is 10.2 Å². The predicted octanol–water partition coefficient (Wildman–Crippen LogP) is 2.29. The third-order valence-corrected chi connectivity index (χ3v) is 5.47. The SMILES string of the molecule is Cl.O=C(N1CCCC1CC(O)c1cccs1)C1(F)CCNC1. The minimum atomic E-state index is -1.75. The predicted molar refractivity (Wildman–Crippen MR) is 87.2 cm³/mol. The van der Waals surface area contributed by atoms with Gasteiger partial charge in [0.1, 0.15) is 0 Å². The van der Waals surface area contributed by atoms with Crippen molar-refractivity contribution in [3.05, 3.63) is 22.4 Å². The van der Waals surface area contributed by atoms with E-state index in [-0.39, 0.29) is 31.4 Å². The van der Waals surface area contributed by atoms with Gasteiger partial charge in [-0.15, -0.1) is 23.7 Å². The summed E-state index contributed by atoms with van der Waals surface area (Å²) in [5.74, 6) is -0.395. The van der Waals surface area contributed by atoms with Crippen LogP contribution in [-0.2, 0) is 4.79 Å². The third kappa shape index (κ3) is 3.45. The molecule has 4 nitrogen and oxygen atoms in total. The number of aliphatic hydroxyl groups is 1. The summed E-state index contributed by atoms with van der Waals surface area (Å²) >= 11 is 1.51. The molecule has 1 amide bonds. The number of aliphatic hydroxyl groups excluding tert-OH is 1. The molecule has 2 aliphatic heterocycles. The highest BCUT2D eigenvalue weighted by Gasteiger charge is 2.46. The van der Waals surface area contributed by atoms with E-state index in [9.17, 15) is 14.3 Å². The van der Waals surface area contributed by atoms with Crippen LogP contribution >= 0.6 is 23.7 Å². The Hall–Kier alpha value is -0.690. The maximum absolute atomic E-state index is 14.6.